The standard InChI is InChI=1S/C15H14N.2ClH.Zr/c1-16(2)13-7-8-15-12(10-13)9-11-5-3-4-6-14(11)15;;;/h3-8H,9H2,1-2H3;2*1H;/q;;;+2/p-2. The summed E-state index contributed by atoms with van der Waals surface area (Å²) in [4.78, 5) is 2.22. The molecule has 0 fully saturated rings. The summed E-state index contributed by atoms with van der Waals surface area (Å²) in [6.07, 6.45) is 1.10. The van der Waals surface area contributed by atoms with Gasteiger partial charge in [0.25, 0.3) is 0 Å². The van der Waals surface area contributed by atoms with Crippen molar-refractivity contribution in [2.45, 2.75) is 6.42 Å². The molecule has 19 heavy (non-hydrogen) atoms. The predicted molar refractivity (Wildman–Crippen MR) is 68.6 cm³/mol. The van der Waals surface area contributed by atoms with Crippen LogP contribution in [0.25, 0.3) is 11.1 Å². The van der Waals surface area contributed by atoms with Crippen LogP contribution < -0.4 is 33.0 Å². The zero-order chi connectivity index (χ0) is 12.0. The second kappa shape index (κ2) is 6.44. The quantitative estimate of drug-likeness (QED) is 0.430. The number of rotatable bonds is 1. The first kappa shape index (κ1) is 16.8. The van der Waals surface area contributed by atoms with Crippen molar-refractivity contribution in [3.63, 3.8) is 0 Å². The van der Waals surface area contributed by atoms with Gasteiger partial charge in [-0.25, -0.2) is 0 Å². The fourth-order valence-corrected chi connectivity index (χ4v) is 3.87. The number of nitrogens with zero attached hydrogens (tertiary/aromatic N) is 1. The van der Waals surface area contributed by atoms with E-state index in [1.807, 2.05) is 0 Å². The van der Waals surface area contributed by atoms with Crippen LogP contribution in [-0.2, 0) is 31.1 Å². The molecule has 0 atom stereocenters. The summed E-state index contributed by atoms with van der Waals surface area (Å²) in [7, 11) is 4.24. The van der Waals surface area contributed by atoms with E-state index in [1.54, 1.807) is 0 Å². The first-order valence-corrected chi connectivity index (χ1v) is 7.04. The largest absolute Gasteiger partial charge is 1.00 e. The Bertz CT molecular complexity index is 597. The second-order valence-corrected chi connectivity index (χ2v) is 5.94. The SMILES string of the molecule is CN(C)c1ccc2c([c]1[Zr+2])Cc1ccccc1-2.[Cl-].[Cl-]. The zero-order valence-corrected chi connectivity index (χ0v) is 14.8. The number of fused-ring (bicyclic) bond motifs is 3. The third-order valence-electron chi connectivity index (χ3n) is 3.45. The van der Waals surface area contributed by atoms with Gasteiger partial charge in [0.05, 0.1) is 0 Å². The van der Waals surface area contributed by atoms with E-state index in [0.29, 0.717) is 0 Å². The van der Waals surface area contributed by atoms with E-state index in [2.05, 4.69) is 55.4 Å². The second-order valence-electron chi connectivity index (χ2n) is 4.71. The molecule has 2 aromatic rings. The molecule has 0 heterocycles. The van der Waals surface area contributed by atoms with Crippen LogP contribution in [0.2, 0.25) is 0 Å². The first-order valence-electron chi connectivity index (χ1n) is 5.81. The molecule has 0 aliphatic heterocycles. The summed E-state index contributed by atoms with van der Waals surface area (Å²) < 4.78 is 1.51. The molecule has 3 rings (SSSR count). The summed E-state index contributed by atoms with van der Waals surface area (Å²) in [6, 6.07) is 13.3. The summed E-state index contributed by atoms with van der Waals surface area (Å²) >= 11 is 1.51. The Morgan fingerprint density at radius 3 is 2.32 bits per heavy atom. The molecule has 0 amide bonds. The van der Waals surface area contributed by atoms with Crippen LogP contribution in [0.5, 0.6) is 0 Å². The molecule has 4 heteroatoms. The maximum absolute atomic E-state index is 2.28. The molecule has 97 valence electrons. The van der Waals surface area contributed by atoms with Gasteiger partial charge < -0.3 is 24.8 Å². The van der Waals surface area contributed by atoms with Gasteiger partial charge in [-0.15, -0.1) is 0 Å². The van der Waals surface area contributed by atoms with Crippen molar-refractivity contribution in [3.05, 3.63) is 47.5 Å². The molecule has 0 spiro atoms. The smallest absolute Gasteiger partial charge is 1.00 e. The van der Waals surface area contributed by atoms with Crippen molar-refractivity contribution in [3.8, 4) is 11.1 Å². The van der Waals surface area contributed by atoms with Gasteiger partial charge in [0, 0.05) is 0 Å². The molecule has 0 aromatic heterocycles. The number of anilines is 1. The summed E-state index contributed by atoms with van der Waals surface area (Å²) in [5.41, 5.74) is 7.25. The van der Waals surface area contributed by atoms with Gasteiger partial charge in [0.15, 0.2) is 0 Å². The van der Waals surface area contributed by atoms with E-state index in [9.17, 15) is 0 Å². The number of hydrogen-bond acceptors (Lipinski definition) is 1. The van der Waals surface area contributed by atoms with Crippen molar-refractivity contribution in [1.82, 2.24) is 0 Å². The van der Waals surface area contributed by atoms with Crippen LogP contribution in [0.4, 0.5) is 5.69 Å². The Hall–Kier alpha value is -0.297. The molecule has 0 radical (unpaired) electrons. The minimum absolute atomic E-state index is 0. The van der Waals surface area contributed by atoms with E-state index in [-0.39, 0.29) is 24.8 Å². The normalized spacial score (nSPS) is 10.9. The average molecular weight is 370 g/mol. The van der Waals surface area contributed by atoms with Crippen molar-refractivity contribution in [2.24, 2.45) is 0 Å². The number of hydrogen-bond donors (Lipinski definition) is 0. The number of halogens is 2. The van der Waals surface area contributed by atoms with E-state index >= 15 is 0 Å². The van der Waals surface area contributed by atoms with E-state index in [4.69, 9.17) is 0 Å². The first-order chi connectivity index (χ1) is 8.18. The Labute approximate surface area is 142 Å². The molecule has 1 aliphatic rings. The topological polar surface area (TPSA) is 3.24 Å². The van der Waals surface area contributed by atoms with E-state index in [1.165, 1.54) is 55.9 Å². The monoisotopic (exact) mass is 368 g/mol. The number of benzene rings is 2. The minimum atomic E-state index is 0. The van der Waals surface area contributed by atoms with Crippen molar-refractivity contribution >= 4 is 8.96 Å². The third kappa shape index (κ3) is 2.77. The van der Waals surface area contributed by atoms with Gasteiger partial charge in [0.1, 0.15) is 0 Å². The van der Waals surface area contributed by atoms with Gasteiger partial charge in [-0.1, -0.05) is 0 Å². The fourth-order valence-electron chi connectivity index (χ4n) is 2.57. The van der Waals surface area contributed by atoms with Crippen LogP contribution in [0.1, 0.15) is 11.1 Å². The predicted octanol–water partition coefficient (Wildman–Crippen LogP) is -3.50. The molecule has 0 saturated heterocycles. The van der Waals surface area contributed by atoms with E-state index in [0.717, 1.165) is 6.42 Å². The molecule has 2 aromatic carbocycles. The average Bonchev–Trinajstić information content (AvgIpc) is 2.69. The van der Waals surface area contributed by atoms with Gasteiger partial charge in [0.2, 0.25) is 0 Å². The summed E-state index contributed by atoms with van der Waals surface area (Å²) in [6.45, 7) is 0. The molecule has 1 aliphatic carbocycles. The summed E-state index contributed by atoms with van der Waals surface area (Å²) in [5, 5.41) is 0. The van der Waals surface area contributed by atoms with Crippen LogP contribution in [-0.4, -0.2) is 14.1 Å². The Balaban J connectivity index is 0.000000902. The van der Waals surface area contributed by atoms with E-state index < -0.39 is 0 Å². The zero-order valence-electron chi connectivity index (χ0n) is 10.9. The van der Waals surface area contributed by atoms with Crippen molar-refractivity contribution in [2.75, 3.05) is 19.0 Å². The van der Waals surface area contributed by atoms with Crippen LogP contribution >= 0.6 is 0 Å². The molecular weight excluding hydrogens is 356 g/mol. The molecule has 0 saturated carbocycles. The Kier molecular flexibility index (Phi) is 5.68. The van der Waals surface area contributed by atoms with Crippen molar-refractivity contribution in [1.29, 1.82) is 0 Å². The maximum Gasteiger partial charge on any atom is -1.00 e. The van der Waals surface area contributed by atoms with Gasteiger partial charge in [-0.05, 0) is 0 Å². The fraction of sp³-hybridized carbons (Fsp3) is 0.200. The minimum Gasteiger partial charge on any atom is -1.00 e. The molecule has 0 unspecified atom stereocenters. The molecule has 0 bridgehead atoms. The van der Waals surface area contributed by atoms with Crippen LogP contribution in [0, 0.1) is 0 Å². The third-order valence-corrected chi connectivity index (χ3v) is 4.82. The van der Waals surface area contributed by atoms with Gasteiger partial charge >= 0.3 is 118 Å². The molecule has 1 nitrogen and oxygen atoms in total. The Morgan fingerprint density at radius 2 is 1.63 bits per heavy atom. The Morgan fingerprint density at radius 1 is 0.947 bits per heavy atom. The van der Waals surface area contributed by atoms with Crippen LogP contribution in [0.15, 0.2) is 36.4 Å². The van der Waals surface area contributed by atoms with Crippen LogP contribution in [0.3, 0.4) is 0 Å². The summed E-state index contributed by atoms with van der Waals surface area (Å²) in [5.74, 6) is 0. The molecule has 0 N–H and O–H groups in total. The molecular formula is C15H14Cl2NZr. The van der Waals surface area contributed by atoms with Crippen molar-refractivity contribution < 1.29 is 49.5 Å². The van der Waals surface area contributed by atoms with Gasteiger partial charge in [-0.2, -0.15) is 0 Å². The maximum atomic E-state index is 2.28. The van der Waals surface area contributed by atoms with Gasteiger partial charge in [-0.3, -0.25) is 0 Å².